The molecule has 0 aliphatic carbocycles. The lowest BCUT2D eigenvalue weighted by molar-refractivity contribution is 0.0250. The average Bonchev–Trinajstić information content (AvgIpc) is 2.88. The molecule has 2 unspecified atom stereocenters. The van der Waals surface area contributed by atoms with Crippen molar-refractivity contribution in [1.82, 2.24) is 4.90 Å². The van der Waals surface area contributed by atoms with Crippen LogP contribution in [0.15, 0.2) is 17.5 Å². The molecular formula is C12H20N2OS. The molecule has 2 atom stereocenters. The number of hydrogen-bond acceptors (Lipinski definition) is 4. The summed E-state index contributed by atoms with van der Waals surface area (Å²) in [5.41, 5.74) is 5.99. The van der Waals surface area contributed by atoms with Crippen molar-refractivity contribution in [3.05, 3.63) is 22.4 Å². The first-order chi connectivity index (χ1) is 7.69. The fourth-order valence-corrected chi connectivity index (χ4v) is 3.25. The van der Waals surface area contributed by atoms with E-state index < -0.39 is 0 Å². The van der Waals surface area contributed by atoms with Crippen LogP contribution in [-0.4, -0.2) is 36.7 Å². The van der Waals surface area contributed by atoms with Crippen LogP contribution in [0.1, 0.15) is 18.2 Å². The summed E-state index contributed by atoms with van der Waals surface area (Å²) < 4.78 is 5.68. The van der Waals surface area contributed by atoms with E-state index in [2.05, 4.69) is 36.4 Å². The molecule has 90 valence electrons. The molecule has 2 N–H and O–H groups in total. The summed E-state index contributed by atoms with van der Waals surface area (Å²) >= 11 is 1.80. The van der Waals surface area contributed by atoms with E-state index >= 15 is 0 Å². The maximum absolute atomic E-state index is 5.97. The molecule has 0 bridgehead atoms. The zero-order chi connectivity index (χ0) is 11.6. The molecule has 0 aromatic carbocycles. The molecule has 0 saturated carbocycles. The van der Waals surface area contributed by atoms with Crippen LogP contribution in [0.3, 0.4) is 0 Å². The van der Waals surface area contributed by atoms with E-state index in [0.717, 1.165) is 19.6 Å². The maximum Gasteiger partial charge on any atom is 0.0743 e. The van der Waals surface area contributed by atoms with Crippen molar-refractivity contribution in [2.24, 2.45) is 5.73 Å². The summed E-state index contributed by atoms with van der Waals surface area (Å²) in [5, 5.41) is 2.12. The molecule has 3 nitrogen and oxygen atoms in total. The topological polar surface area (TPSA) is 38.5 Å². The molecule has 1 fully saturated rings. The molecule has 1 aliphatic rings. The van der Waals surface area contributed by atoms with E-state index in [1.54, 1.807) is 11.3 Å². The van der Waals surface area contributed by atoms with Gasteiger partial charge in [-0.15, -0.1) is 11.3 Å². The molecule has 1 aromatic rings. The normalized spacial score (nSPS) is 30.1. The summed E-state index contributed by atoms with van der Waals surface area (Å²) in [4.78, 5) is 3.74. The number of hydrogen-bond donors (Lipinski definition) is 1. The van der Waals surface area contributed by atoms with Crippen molar-refractivity contribution in [3.63, 3.8) is 0 Å². The van der Waals surface area contributed by atoms with Crippen molar-refractivity contribution in [3.8, 4) is 0 Å². The summed E-state index contributed by atoms with van der Waals surface area (Å²) in [7, 11) is 2.15. The van der Waals surface area contributed by atoms with E-state index in [0.29, 0.717) is 6.54 Å². The second-order valence-corrected chi connectivity index (χ2v) is 5.54. The van der Waals surface area contributed by atoms with Gasteiger partial charge >= 0.3 is 0 Å². The van der Waals surface area contributed by atoms with Crippen LogP contribution < -0.4 is 5.73 Å². The van der Waals surface area contributed by atoms with Crippen LogP contribution in [0.2, 0.25) is 0 Å². The lowest BCUT2D eigenvalue weighted by atomic mass is 9.90. The summed E-state index contributed by atoms with van der Waals surface area (Å²) in [6, 6.07) is 4.27. The highest BCUT2D eigenvalue weighted by molar-refractivity contribution is 7.09. The molecule has 0 radical (unpaired) electrons. The predicted molar refractivity (Wildman–Crippen MR) is 67.6 cm³/mol. The van der Waals surface area contributed by atoms with Gasteiger partial charge in [0.25, 0.3) is 0 Å². The van der Waals surface area contributed by atoms with Gasteiger partial charge in [0.1, 0.15) is 0 Å². The Morgan fingerprint density at radius 2 is 2.50 bits per heavy atom. The zero-order valence-corrected chi connectivity index (χ0v) is 10.8. The highest BCUT2D eigenvalue weighted by atomic mass is 32.1. The molecule has 4 heteroatoms. The highest BCUT2D eigenvalue weighted by Gasteiger charge is 2.43. The van der Waals surface area contributed by atoms with Crippen LogP contribution in [0, 0.1) is 0 Å². The minimum absolute atomic E-state index is 0.0178. The van der Waals surface area contributed by atoms with Gasteiger partial charge in [0.15, 0.2) is 0 Å². The first-order valence-corrected chi connectivity index (χ1v) is 6.62. The Bertz CT molecular complexity index is 328. The standard InChI is InChI=1S/C12H20N2OS/c1-10-12(9-13,5-6-15-10)14(2)8-11-4-3-7-16-11/h3-4,7,10H,5-6,8-9,13H2,1-2H3. The Morgan fingerprint density at radius 1 is 1.69 bits per heavy atom. The number of ether oxygens (including phenoxy) is 1. The Balaban J connectivity index is 2.09. The van der Waals surface area contributed by atoms with Crippen molar-refractivity contribution in [1.29, 1.82) is 0 Å². The molecule has 2 heterocycles. The third-order valence-electron chi connectivity index (χ3n) is 3.75. The average molecular weight is 240 g/mol. The monoisotopic (exact) mass is 240 g/mol. The number of rotatable bonds is 4. The Hall–Kier alpha value is -0.420. The van der Waals surface area contributed by atoms with Gasteiger partial charge in [-0.05, 0) is 31.8 Å². The predicted octanol–water partition coefficient (Wildman–Crippen LogP) is 1.69. The minimum atomic E-state index is 0.0178. The summed E-state index contributed by atoms with van der Waals surface area (Å²) in [6.45, 7) is 4.58. The third kappa shape index (κ3) is 2.02. The lowest BCUT2D eigenvalue weighted by Crippen LogP contribution is -2.56. The first kappa shape index (κ1) is 12.0. The van der Waals surface area contributed by atoms with Gasteiger partial charge in [-0.2, -0.15) is 0 Å². The zero-order valence-electron chi connectivity index (χ0n) is 9.98. The van der Waals surface area contributed by atoms with Crippen LogP contribution in [-0.2, 0) is 11.3 Å². The molecule has 2 rings (SSSR count). The lowest BCUT2D eigenvalue weighted by Gasteiger charge is -2.40. The van der Waals surface area contributed by atoms with Gasteiger partial charge in [0.2, 0.25) is 0 Å². The van der Waals surface area contributed by atoms with Crippen LogP contribution in [0.5, 0.6) is 0 Å². The Labute approximate surface area is 101 Å². The summed E-state index contributed by atoms with van der Waals surface area (Å²) in [6.07, 6.45) is 1.26. The SMILES string of the molecule is CC1OCCC1(CN)N(C)Cc1cccs1. The van der Waals surface area contributed by atoms with Gasteiger partial charge in [-0.3, -0.25) is 4.90 Å². The molecule has 0 spiro atoms. The second kappa shape index (κ2) is 4.84. The second-order valence-electron chi connectivity index (χ2n) is 4.51. The number of nitrogens with zero attached hydrogens (tertiary/aromatic N) is 1. The van der Waals surface area contributed by atoms with Crippen molar-refractivity contribution >= 4 is 11.3 Å². The summed E-state index contributed by atoms with van der Waals surface area (Å²) in [5.74, 6) is 0. The van der Waals surface area contributed by atoms with Crippen LogP contribution in [0.4, 0.5) is 0 Å². The quantitative estimate of drug-likeness (QED) is 0.870. The number of likely N-dealkylation sites (N-methyl/N-ethyl adjacent to an activating group) is 1. The van der Waals surface area contributed by atoms with Gasteiger partial charge in [0, 0.05) is 24.6 Å². The van der Waals surface area contributed by atoms with Crippen molar-refractivity contribution < 1.29 is 4.74 Å². The van der Waals surface area contributed by atoms with Gasteiger partial charge in [0.05, 0.1) is 11.6 Å². The maximum atomic E-state index is 5.97. The minimum Gasteiger partial charge on any atom is -0.376 e. The van der Waals surface area contributed by atoms with Crippen molar-refractivity contribution in [2.45, 2.75) is 31.5 Å². The Morgan fingerprint density at radius 3 is 3.00 bits per heavy atom. The Kier molecular flexibility index (Phi) is 3.64. The van der Waals surface area contributed by atoms with E-state index in [-0.39, 0.29) is 11.6 Å². The van der Waals surface area contributed by atoms with E-state index in [1.165, 1.54) is 4.88 Å². The van der Waals surface area contributed by atoms with Crippen molar-refractivity contribution in [2.75, 3.05) is 20.2 Å². The van der Waals surface area contributed by atoms with E-state index in [1.807, 2.05) is 0 Å². The number of thiophene rings is 1. The third-order valence-corrected chi connectivity index (χ3v) is 4.61. The molecule has 1 aromatic heterocycles. The molecule has 1 aliphatic heterocycles. The fourth-order valence-electron chi connectivity index (χ4n) is 2.49. The smallest absolute Gasteiger partial charge is 0.0743 e. The van der Waals surface area contributed by atoms with Gasteiger partial charge < -0.3 is 10.5 Å². The first-order valence-electron chi connectivity index (χ1n) is 5.74. The van der Waals surface area contributed by atoms with Crippen LogP contribution >= 0.6 is 11.3 Å². The van der Waals surface area contributed by atoms with E-state index in [9.17, 15) is 0 Å². The number of nitrogens with two attached hydrogens (primary N) is 1. The fraction of sp³-hybridized carbons (Fsp3) is 0.667. The largest absolute Gasteiger partial charge is 0.376 e. The van der Waals surface area contributed by atoms with E-state index in [4.69, 9.17) is 10.5 Å². The molecular weight excluding hydrogens is 220 g/mol. The van der Waals surface area contributed by atoms with Gasteiger partial charge in [-0.25, -0.2) is 0 Å². The highest BCUT2D eigenvalue weighted by Crippen LogP contribution is 2.31. The van der Waals surface area contributed by atoms with Gasteiger partial charge in [-0.1, -0.05) is 6.07 Å². The molecule has 1 saturated heterocycles. The molecule has 16 heavy (non-hydrogen) atoms. The molecule has 0 amide bonds. The van der Waals surface area contributed by atoms with Crippen LogP contribution in [0.25, 0.3) is 0 Å².